The van der Waals surface area contributed by atoms with Crippen molar-refractivity contribution in [3.8, 4) is 5.75 Å². The predicted molar refractivity (Wildman–Crippen MR) is 84.1 cm³/mol. The number of hydrogen-bond donors (Lipinski definition) is 1. The van der Waals surface area contributed by atoms with E-state index in [2.05, 4.69) is 29.6 Å². The minimum atomic E-state index is 0.591. The first kappa shape index (κ1) is 13.6. The highest BCUT2D eigenvalue weighted by Crippen LogP contribution is 2.54. The lowest BCUT2D eigenvalue weighted by atomic mass is 9.53. The summed E-state index contributed by atoms with van der Waals surface area (Å²) in [6, 6.07) is 8.71. The van der Waals surface area contributed by atoms with E-state index in [1.54, 1.807) is 0 Å². The van der Waals surface area contributed by atoms with Crippen LogP contribution >= 0.6 is 0 Å². The maximum Gasteiger partial charge on any atom is 0.119 e. The van der Waals surface area contributed by atoms with Crippen LogP contribution in [-0.2, 0) is 6.54 Å². The molecule has 0 aromatic heterocycles. The van der Waals surface area contributed by atoms with E-state index >= 15 is 0 Å². The first-order chi connectivity index (χ1) is 10.2. The molecule has 0 unspecified atom stereocenters. The lowest BCUT2D eigenvalue weighted by Gasteiger charge is -2.54. The van der Waals surface area contributed by atoms with Gasteiger partial charge in [0.25, 0.3) is 0 Å². The SMILES string of the molecule is CCOc1ccc(C[NH2+]C23CC4CC(CC(C4)C2)C3)cc1. The maximum absolute atomic E-state index is 5.53. The van der Waals surface area contributed by atoms with E-state index in [9.17, 15) is 0 Å². The molecule has 0 spiro atoms. The Hall–Kier alpha value is -1.02. The summed E-state index contributed by atoms with van der Waals surface area (Å²) in [5.74, 6) is 4.14. The van der Waals surface area contributed by atoms with Gasteiger partial charge in [-0.05, 0) is 68.2 Å². The summed E-state index contributed by atoms with van der Waals surface area (Å²) in [6.45, 7) is 3.92. The van der Waals surface area contributed by atoms with Crippen molar-refractivity contribution in [2.75, 3.05) is 6.61 Å². The number of rotatable bonds is 5. The maximum atomic E-state index is 5.53. The van der Waals surface area contributed by atoms with Gasteiger partial charge in [-0.15, -0.1) is 0 Å². The summed E-state index contributed by atoms with van der Waals surface area (Å²) < 4.78 is 5.53. The molecule has 2 heteroatoms. The fourth-order valence-corrected chi connectivity index (χ4v) is 5.65. The molecule has 21 heavy (non-hydrogen) atoms. The van der Waals surface area contributed by atoms with Gasteiger partial charge in [-0.1, -0.05) is 0 Å². The Kier molecular flexibility index (Phi) is 3.45. The summed E-state index contributed by atoms with van der Waals surface area (Å²) in [7, 11) is 0. The molecule has 2 nitrogen and oxygen atoms in total. The highest BCUT2D eigenvalue weighted by atomic mass is 16.5. The van der Waals surface area contributed by atoms with Crippen molar-refractivity contribution in [3.63, 3.8) is 0 Å². The normalized spacial score (nSPS) is 36.9. The lowest BCUT2D eigenvalue weighted by Crippen LogP contribution is -2.97. The van der Waals surface area contributed by atoms with E-state index in [4.69, 9.17) is 4.74 Å². The fraction of sp³-hybridized carbons (Fsp3) is 0.684. The third kappa shape index (κ3) is 2.70. The van der Waals surface area contributed by atoms with Crippen molar-refractivity contribution < 1.29 is 10.1 Å². The number of nitrogens with two attached hydrogens (primary N) is 1. The summed E-state index contributed by atoms with van der Waals surface area (Å²) in [5, 5.41) is 2.69. The molecular formula is C19H28NO+. The molecule has 0 amide bonds. The number of hydrogen-bond acceptors (Lipinski definition) is 1. The third-order valence-electron chi connectivity index (χ3n) is 6.09. The number of quaternary nitrogens is 1. The van der Waals surface area contributed by atoms with Gasteiger partial charge in [-0.2, -0.15) is 0 Å². The Balaban J connectivity index is 1.40. The van der Waals surface area contributed by atoms with E-state index in [1.807, 2.05) is 6.92 Å². The minimum absolute atomic E-state index is 0.591. The lowest BCUT2D eigenvalue weighted by molar-refractivity contribution is -0.752. The van der Waals surface area contributed by atoms with Gasteiger partial charge in [0.15, 0.2) is 0 Å². The summed E-state index contributed by atoms with van der Waals surface area (Å²) in [6.07, 6.45) is 9.06. The molecule has 4 fully saturated rings. The van der Waals surface area contributed by atoms with Crippen LogP contribution in [-0.4, -0.2) is 12.1 Å². The second-order valence-electron chi connectivity index (χ2n) is 7.77. The van der Waals surface area contributed by atoms with Crippen molar-refractivity contribution >= 4 is 0 Å². The largest absolute Gasteiger partial charge is 0.494 e. The second kappa shape index (κ2) is 5.31. The summed E-state index contributed by atoms with van der Waals surface area (Å²) >= 11 is 0. The molecule has 0 radical (unpaired) electrons. The monoisotopic (exact) mass is 286 g/mol. The van der Waals surface area contributed by atoms with Gasteiger partial charge in [0.2, 0.25) is 0 Å². The molecule has 4 bridgehead atoms. The first-order valence-corrected chi connectivity index (χ1v) is 8.81. The Morgan fingerprint density at radius 2 is 1.57 bits per heavy atom. The molecule has 0 atom stereocenters. The van der Waals surface area contributed by atoms with Gasteiger partial charge in [-0.25, -0.2) is 0 Å². The standard InChI is InChI=1S/C19H27NO/c1-2-21-18-5-3-14(4-6-18)13-20-19-10-15-7-16(11-19)9-17(8-15)12-19/h3-6,15-17,20H,2,7-13H2,1H3/p+1. The molecule has 4 aliphatic carbocycles. The van der Waals surface area contributed by atoms with E-state index in [-0.39, 0.29) is 0 Å². The minimum Gasteiger partial charge on any atom is -0.494 e. The zero-order valence-electron chi connectivity index (χ0n) is 13.2. The average molecular weight is 286 g/mol. The molecule has 1 aromatic carbocycles. The van der Waals surface area contributed by atoms with E-state index in [1.165, 1.54) is 44.1 Å². The van der Waals surface area contributed by atoms with Crippen molar-refractivity contribution in [2.24, 2.45) is 17.8 Å². The predicted octanol–water partition coefficient (Wildman–Crippen LogP) is 3.12. The van der Waals surface area contributed by atoms with Crippen LogP contribution in [0.15, 0.2) is 24.3 Å². The van der Waals surface area contributed by atoms with Gasteiger partial charge in [0.1, 0.15) is 12.3 Å². The first-order valence-electron chi connectivity index (χ1n) is 8.81. The molecule has 4 aliphatic rings. The smallest absolute Gasteiger partial charge is 0.119 e. The van der Waals surface area contributed by atoms with Gasteiger partial charge in [0.05, 0.1) is 12.1 Å². The van der Waals surface area contributed by atoms with Crippen LogP contribution in [0.4, 0.5) is 0 Å². The quantitative estimate of drug-likeness (QED) is 0.884. The zero-order chi connectivity index (χ0) is 14.3. The van der Waals surface area contributed by atoms with Crippen LogP contribution < -0.4 is 10.1 Å². The highest BCUT2D eigenvalue weighted by Gasteiger charge is 2.53. The summed E-state index contributed by atoms with van der Waals surface area (Å²) in [5.41, 5.74) is 2.03. The van der Waals surface area contributed by atoms with E-state index < -0.39 is 0 Å². The van der Waals surface area contributed by atoms with Gasteiger partial charge in [-0.3, -0.25) is 0 Å². The molecule has 114 valence electrons. The Morgan fingerprint density at radius 3 is 2.10 bits per heavy atom. The second-order valence-corrected chi connectivity index (χ2v) is 7.77. The van der Waals surface area contributed by atoms with Crippen LogP contribution in [0.25, 0.3) is 0 Å². The van der Waals surface area contributed by atoms with E-state index in [0.717, 1.165) is 36.7 Å². The zero-order valence-corrected chi connectivity index (χ0v) is 13.2. The van der Waals surface area contributed by atoms with Gasteiger partial charge < -0.3 is 10.1 Å². The van der Waals surface area contributed by atoms with Crippen LogP contribution in [0.2, 0.25) is 0 Å². The van der Waals surface area contributed by atoms with Crippen molar-refractivity contribution in [3.05, 3.63) is 29.8 Å². The van der Waals surface area contributed by atoms with Crippen LogP contribution in [0, 0.1) is 17.8 Å². The van der Waals surface area contributed by atoms with Crippen molar-refractivity contribution in [1.82, 2.24) is 0 Å². The molecule has 0 heterocycles. The van der Waals surface area contributed by atoms with E-state index in [0.29, 0.717) is 5.54 Å². The van der Waals surface area contributed by atoms with Crippen molar-refractivity contribution in [2.45, 2.75) is 57.5 Å². The summed E-state index contributed by atoms with van der Waals surface area (Å²) in [4.78, 5) is 0. The van der Waals surface area contributed by atoms with Crippen LogP contribution in [0.5, 0.6) is 5.75 Å². The molecular weight excluding hydrogens is 258 g/mol. The number of benzene rings is 1. The third-order valence-corrected chi connectivity index (χ3v) is 6.09. The van der Waals surface area contributed by atoms with Gasteiger partial charge in [0, 0.05) is 24.8 Å². The molecule has 2 N–H and O–H groups in total. The van der Waals surface area contributed by atoms with Gasteiger partial charge >= 0.3 is 0 Å². The fourth-order valence-electron chi connectivity index (χ4n) is 5.65. The Bertz CT molecular complexity index is 458. The molecule has 0 aliphatic heterocycles. The molecule has 1 aromatic rings. The molecule has 0 saturated heterocycles. The van der Waals surface area contributed by atoms with Crippen LogP contribution in [0.3, 0.4) is 0 Å². The van der Waals surface area contributed by atoms with Crippen molar-refractivity contribution in [1.29, 1.82) is 0 Å². The Labute approximate surface area is 128 Å². The Morgan fingerprint density at radius 1 is 1.00 bits per heavy atom. The number of ether oxygens (including phenoxy) is 1. The van der Waals surface area contributed by atoms with Crippen LogP contribution in [0.1, 0.15) is 51.0 Å². The average Bonchev–Trinajstić information content (AvgIpc) is 2.46. The highest BCUT2D eigenvalue weighted by molar-refractivity contribution is 5.26. The molecule has 4 saturated carbocycles. The topological polar surface area (TPSA) is 25.8 Å². The molecule has 5 rings (SSSR count).